The molecule has 0 aliphatic heterocycles. The van der Waals surface area contributed by atoms with Crippen LogP contribution in [-0.4, -0.2) is 40.6 Å². The highest BCUT2D eigenvalue weighted by molar-refractivity contribution is 5.91. The van der Waals surface area contributed by atoms with E-state index in [9.17, 15) is 19.5 Å². The quantitative estimate of drug-likeness (QED) is 0.382. The van der Waals surface area contributed by atoms with Crippen LogP contribution >= 0.6 is 0 Å². The maximum Gasteiger partial charge on any atom is 0.302 e. The van der Waals surface area contributed by atoms with Gasteiger partial charge in [0.25, 0.3) is 0 Å². The van der Waals surface area contributed by atoms with Gasteiger partial charge in [0, 0.05) is 37.0 Å². The van der Waals surface area contributed by atoms with Crippen LogP contribution in [0.1, 0.15) is 127 Å². The summed E-state index contributed by atoms with van der Waals surface area (Å²) in [4.78, 5) is 39.3. The van der Waals surface area contributed by atoms with E-state index in [0.29, 0.717) is 12.8 Å². The fourth-order valence-corrected chi connectivity index (χ4v) is 11.8. The first-order valence-electron chi connectivity index (χ1n) is 15.8. The van der Waals surface area contributed by atoms with Gasteiger partial charge in [-0.25, -0.2) is 0 Å². The minimum Gasteiger partial charge on any atom is -0.462 e. The zero-order valence-corrected chi connectivity index (χ0v) is 26.7. The lowest BCUT2D eigenvalue weighted by Gasteiger charge is -2.75. The van der Waals surface area contributed by atoms with Crippen LogP contribution in [0.15, 0.2) is 0 Å². The number of Topliss-reactive ketones (excluding diaryl/α,β-unsaturated/α-hetero) is 1. The third-order valence-electron chi connectivity index (χ3n) is 14.2. The van der Waals surface area contributed by atoms with Crippen LogP contribution in [0.25, 0.3) is 0 Å². The van der Waals surface area contributed by atoms with E-state index < -0.39 is 22.5 Å². The van der Waals surface area contributed by atoms with Crippen molar-refractivity contribution in [1.82, 2.24) is 0 Å². The predicted octanol–water partition coefficient (Wildman–Crippen LogP) is 6.66. The molecule has 1 N–H and O–H groups in total. The fraction of sp³-hybridized carbons (Fsp3) is 0.912. The molecule has 0 aromatic carbocycles. The summed E-state index contributed by atoms with van der Waals surface area (Å²) in [7, 11) is 0. The highest BCUT2D eigenvalue weighted by Gasteiger charge is 2.80. The lowest BCUT2D eigenvalue weighted by Crippen LogP contribution is -2.80. The molecule has 226 valence electrons. The SMILES string of the molecule is CC(=O)OC1CCC2(C)C(CCC3(C)C2CC(=O)C2(O)C4CC(C)(C)CCC4(C)CC(OC(C)=O)C32C)C1(C)C. The van der Waals surface area contributed by atoms with E-state index in [1.807, 2.05) is 0 Å². The van der Waals surface area contributed by atoms with Crippen LogP contribution in [-0.2, 0) is 23.9 Å². The summed E-state index contributed by atoms with van der Waals surface area (Å²) in [5.74, 6) is -0.496. The van der Waals surface area contributed by atoms with Crippen molar-refractivity contribution in [1.29, 1.82) is 0 Å². The van der Waals surface area contributed by atoms with E-state index in [1.165, 1.54) is 13.8 Å². The van der Waals surface area contributed by atoms with Gasteiger partial charge in [-0.2, -0.15) is 0 Å². The number of aliphatic hydroxyl groups is 1. The van der Waals surface area contributed by atoms with Crippen LogP contribution < -0.4 is 0 Å². The van der Waals surface area contributed by atoms with Crippen LogP contribution in [0.3, 0.4) is 0 Å². The van der Waals surface area contributed by atoms with Crippen LogP contribution in [0, 0.1) is 50.2 Å². The van der Waals surface area contributed by atoms with Crippen LogP contribution in [0.5, 0.6) is 0 Å². The van der Waals surface area contributed by atoms with Gasteiger partial charge < -0.3 is 14.6 Å². The lowest BCUT2D eigenvalue weighted by molar-refractivity contribution is -0.321. The molecular weight excluding hydrogens is 504 g/mol. The molecule has 0 amide bonds. The van der Waals surface area contributed by atoms with E-state index in [2.05, 4.69) is 55.4 Å². The number of esters is 2. The summed E-state index contributed by atoms with van der Waals surface area (Å²) in [6.45, 7) is 20.9. The minimum absolute atomic E-state index is 0.0353. The van der Waals surface area contributed by atoms with E-state index in [1.54, 1.807) is 0 Å². The van der Waals surface area contributed by atoms with Gasteiger partial charge in [-0.05, 0) is 84.9 Å². The Morgan fingerprint density at radius 2 is 1.35 bits per heavy atom. The van der Waals surface area contributed by atoms with Gasteiger partial charge in [-0.15, -0.1) is 0 Å². The van der Waals surface area contributed by atoms with Gasteiger partial charge >= 0.3 is 11.9 Å². The average molecular weight is 559 g/mol. The second kappa shape index (κ2) is 8.80. The summed E-state index contributed by atoms with van der Waals surface area (Å²) in [5.41, 5.74) is -3.50. The van der Waals surface area contributed by atoms with E-state index in [-0.39, 0.29) is 63.2 Å². The summed E-state index contributed by atoms with van der Waals surface area (Å²) in [6.07, 6.45) is 6.51. The number of ether oxygens (including phenoxy) is 2. The maximum atomic E-state index is 14.7. The highest BCUT2D eigenvalue weighted by Crippen LogP contribution is 2.77. The van der Waals surface area contributed by atoms with Gasteiger partial charge in [-0.1, -0.05) is 55.4 Å². The van der Waals surface area contributed by atoms with Gasteiger partial charge in [0.05, 0.1) is 0 Å². The predicted molar refractivity (Wildman–Crippen MR) is 153 cm³/mol. The first-order chi connectivity index (χ1) is 18.2. The number of fused-ring (bicyclic) bond motifs is 7. The number of rotatable bonds is 2. The molecule has 0 saturated heterocycles. The van der Waals surface area contributed by atoms with Crippen molar-refractivity contribution in [3.8, 4) is 0 Å². The molecule has 0 heterocycles. The average Bonchev–Trinajstić information content (AvgIpc) is 2.81. The fourth-order valence-electron chi connectivity index (χ4n) is 11.8. The Hall–Kier alpha value is -1.43. The molecule has 5 rings (SSSR count). The smallest absolute Gasteiger partial charge is 0.302 e. The molecular formula is C34H54O6. The molecule has 0 aromatic rings. The zero-order chi connectivity index (χ0) is 29.9. The van der Waals surface area contributed by atoms with Crippen molar-refractivity contribution in [3.63, 3.8) is 0 Å². The third kappa shape index (κ3) is 3.72. The lowest BCUT2D eigenvalue weighted by atomic mass is 9.29. The van der Waals surface area contributed by atoms with Crippen molar-refractivity contribution in [3.05, 3.63) is 0 Å². The molecule has 0 aromatic heterocycles. The van der Waals surface area contributed by atoms with Crippen LogP contribution in [0.4, 0.5) is 0 Å². The Bertz CT molecular complexity index is 1110. The molecule has 0 bridgehead atoms. The summed E-state index contributed by atoms with van der Waals surface area (Å²) < 4.78 is 12.1. The first-order valence-corrected chi connectivity index (χ1v) is 15.8. The van der Waals surface area contributed by atoms with Gasteiger partial charge in [0.15, 0.2) is 5.78 Å². The van der Waals surface area contributed by atoms with Crippen LogP contribution in [0.2, 0.25) is 0 Å². The van der Waals surface area contributed by atoms with E-state index in [4.69, 9.17) is 9.47 Å². The van der Waals surface area contributed by atoms with E-state index >= 15 is 0 Å². The molecule has 5 fully saturated rings. The van der Waals surface area contributed by atoms with Crippen molar-refractivity contribution >= 4 is 17.7 Å². The van der Waals surface area contributed by atoms with Gasteiger partial charge in [-0.3, -0.25) is 14.4 Å². The molecule has 6 heteroatoms. The zero-order valence-electron chi connectivity index (χ0n) is 26.7. The molecule has 10 atom stereocenters. The number of carbonyl (C=O) groups is 3. The molecule has 0 spiro atoms. The number of ketones is 1. The van der Waals surface area contributed by atoms with Crippen molar-refractivity contribution in [2.75, 3.05) is 0 Å². The van der Waals surface area contributed by atoms with Gasteiger partial charge in [0.2, 0.25) is 0 Å². The Balaban J connectivity index is 1.65. The Labute approximate surface area is 241 Å². The van der Waals surface area contributed by atoms with E-state index in [0.717, 1.165) is 44.9 Å². The van der Waals surface area contributed by atoms with Crippen molar-refractivity contribution in [2.24, 2.45) is 50.2 Å². The van der Waals surface area contributed by atoms with Crippen molar-refractivity contribution in [2.45, 2.75) is 145 Å². The summed E-state index contributed by atoms with van der Waals surface area (Å²) >= 11 is 0. The number of hydrogen-bond donors (Lipinski definition) is 1. The topological polar surface area (TPSA) is 89.9 Å². The third-order valence-corrected chi connectivity index (χ3v) is 14.2. The number of hydrogen-bond acceptors (Lipinski definition) is 6. The molecule has 6 nitrogen and oxygen atoms in total. The Morgan fingerprint density at radius 3 is 1.95 bits per heavy atom. The van der Waals surface area contributed by atoms with Gasteiger partial charge in [0.1, 0.15) is 17.8 Å². The number of carbonyl (C=O) groups excluding carboxylic acids is 3. The Kier molecular flexibility index (Phi) is 6.61. The largest absolute Gasteiger partial charge is 0.462 e. The van der Waals surface area contributed by atoms with Crippen molar-refractivity contribution < 1.29 is 29.0 Å². The normalized spacial score (nSPS) is 50.9. The standard InChI is InChI=1S/C34H54O6/c1-20(35)39-26-12-13-31(8)22(29(26,5)6)11-14-32(9)23(31)17-25(37)34(38)24-18-28(3,4)15-16-30(24,7)19-27(33(32,34)10)40-21(2)36/h22-24,26-27,38H,11-19H2,1-10H3. The summed E-state index contributed by atoms with van der Waals surface area (Å²) in [5, 5.41) is 13.1. The molecule has 10 unspecified atom stereocenters. The molecule has 0 radical (unpaired) electrons. The second-order valence-corrected chi connectivity index (χ2v) is 17.0. The molecule has 40 heavy (non-hydrogen) atoms. The first kappa shape index (κ1) is 30.0. The summed E-state index contributed by atoms with van der Waals surface area (Å²) in [6, 6.07) is 0. The second-order valence-electron chi connectivity index (χ2n) is 17.0. The Morgan fingerprint density at radius 1 is 0.750 bits per heavy atom. The highest BCUT2D eigenvalue weighted by atomic mass is 16.5. The monoisotopic (exact) mass is 558 g/mol. The molecule has 5 aliphatic rings. The maximum absolute atomic E-state index is 14.7. The molecule has 5 aliphatic carbocycles. The minimum atomic E-state index is -1.56. The molecule has 5 saturated carbocycles.